The lowest BCUT2D eigenvalue weighted by Gasteiger charge is -2.11. The quantitative estimate of drug-likeness (QED) is 0.812. The molecule has 0 aliphatic rings. The predicted molar refractivity (Wildman–Crippen MR) is 64.1 cm³/mol. The van der Waals surface area contributed by atoms with Gasteiger partial charge in [-0.3, -0.25) is 0 Å². The van der Waals surface area contributed by atoms with E-state index in [0.717, 1.165) is 10.9 Å². The van der Waals surface area contributed by atoms with Gasteiger partial charge < -0.3 is 5.32 Å². The van der Waals surface area contributed by atoms with E-state index in [1.165, 1.54) is 5.56 Å². The van der Waals surface area contributed by atoms with Crippen LogP contribution in [0.15, 0.2) is 28.7 Å². The molecule has 0 saturated carbocycles. The van der Waals surface area contributed by atoms with Crippen molar-refractivity contribution in [3.8, 4) is 12.3 Å². The van der Waals surface area contributed by atoms with Gasteiger partial charge in [0.05, 0.1) is 6.54 Å². The lowest BCUT2D eigenvalue weighted by atomic mass is 10.1. The van der Waals surface area contributed by atoms with Gasteiger partial charge in [0, 0.05) is 10.5 Å². The van der Waals surface area contributed by atoms with E-state index < -0.39 is 0 Å². The maximum absolute atomic E-state index is 5.17. The smallest absolute Gasteiger partial charge is 0.0575 e. The Labute approximate surface area is 94.0 Å². The van der Waals surface area contributed by atoms with Gasteiger partial charge in [-0.05, 0) is 31.0 Å². The summed E-state index contributed by atoms with van der Waals surface area (Å²) in [4.78, 5) is 0. The summed E-state index contributed by atoms with van der Waals surface area (Å²) in [5, 5.41) is 3.25. The van der Waals surface area contributed by atoms with E-state index in [0.29, 0.717) is 12.6 Å². The van der Waals surface area contributed by atoms with E-state index >= 15 is 0 Å². The van der Waals surface area contributed by atoms with Crippen LogP contribution in [0.1, 0.15) is 12.5 Å². The van der Waals surface area contributed by atoms with Crippen molar-refractivity contribution in [3.05, 3.63) is 34.3 Å². The molecule has 1 atom stereocenters. The van der Waals surface area contributed by atoms with Gasteiger partial charge in [0.2, 0.25) is 0 Å². The van der Waals surface area contributed by atoms with Crippen molar-refractivity contribution in [2.75, 3.05) is 6.54 Å². The summed E-state index contributed by atoms with van der Waals surface area (Å²) < 4.78 is 1.12. The zero-order valence-corrected chi connectivity index (χ0v) is 9.84. The monoisotopic (exact) mass is 251 g/mol. The van der Waals surface area contributed by atoms with Gasteiger partial charge in [-0.1, -0.05) is 34.0 Å². The molecular weight excluding hydrogens is 238 g/mol. The highest BCUT2D eigenvalue weighted by Gasteiger charge is 2.01. The molecule has 14 heavy (non-hydrogen) atoms. The molecule has 2 heteroatoms. The summed E-state index contributed by atoms with van der Waals surface area (Å²) in [5.74, 6) is 2.58. The van der Waals surface area contributed by atoms with Crippen molar-refractivity contribution in [1.82, 2.24) is 5.32 Å². The Balaban J connectivity index is 2.48. The normalized spacial score (nSPS) is 12.1. The maximum atomic E-state index is 5.17. The topological polar surface area (TPSA) is 12.0 Å². The summed E-state index contributed by atoms with van der Waals surface area (Å²) in [6.45, 7) is 2.77. The number of hydrogen-bond donors (Lipinski definition) is 1. The summed E-state index contributed by atoms with van der Waals surface area (Å²) in [7, 11) is 0. The molecule has 1 aromatic carbocycles. The van der Waals surface area contributed by atoms with Crippen LogP contribution in [0, 0.1) is 12.3 Å². The molecular formula is C12H14BrN. The van der Waals surface area contributed by atoms with Crippen LogP contribution < -0.4 is 5.32 Å². The molecule has 1 rings (SSSR count). The highest BCUT2D eigenvalue weighted by Crippen LogP contribution is 2.12. The largest absolute Gasteiger partial charge is 0.303 e. The fourth-order valence-corrected chi connectivity index (χ4v) is 1.77. The van der Waals surface area contributed by atoms with Crippen LogP contribution in [0.3, 0.4) is 0 Å². The van der Waals surface area contributed by atoms with Crippen molar-refractivity contribution in [2.45, 2.75) is 19.4 Å². The van der Waals surface area contributed by atoms with Crippen molar-refractivity contribution >= 4 is 15.9 Å². The second kappa shape index (κ2) is 5.85. The minimum Gasteiger partial charge on any atom is -0.303 e. The average Bonchev–Trinajstić information content (AvgIpc) is 2.15. The zero-order valence-electron chi connectivity index (χ0n) is 8.26. The minimum absolute atomic E-state index is 0.417. The molecule has 1 unspecified atom stereocenters. The number of halogens is 1. The molecule has 0 spiro atoms. The third-order valence-corrected chi connectivity index (χ3v) is 2.48. The predicted octanol–water partition coefficient (Wildman–Crippen LogP) is 2.60. The Morgan fingerprint density at radius 2 is 2.36 bits per heavy atom. The second-order valence-corrected chi connectivity index (χ2v) is 4.24. The van der Waals surface area contributed by atoms with Crippen LogP contribution in [0.4, 0.5) is 0 Å². The van der Waals surface area contributed by atoms with E-state index in [2.05, 4.69) is 46.2 Å². The Morgan fingerprint density at radius 1 is 1.57 bits per heavy atom. The second-order valence-electron chi connectivity index (χ2n) is 3.32. The van der Waals surface area contributed by atoms with Crippen molar-refractivity contribution in [2.24, 2.45) is 0 Å². The van der Waals surface area contributed by atoms with E-state index in [4.69, 9.17) is 6.42 Å². The SMILES string of the molecule is C#CCNC(C)Cc1cccc(Br)c1. The summed E-state index contributed by atoms with van der Waals surface area (Å²) in [5.41, 5.74) is 1.32. The van der Waals surface area contributed by atoms with E-state index in [9.17, 15) is 0 Å². The van der Waals surface area contributed by atoms with E-state index in [1.54, 1.807) is 0 Å². The van der Waals surface area contributed by atoms with E-state index in [-0.39, 0.29) is 0 Å². The summed E-state index contributed by atoms with van der Waals surface area (Å²) in [6, 6.07) is 8.75. The number of rotatable bonds is 4. The average molecular weight is 252 g/mol. The van der Waals surface area contributed by atoms with E-state index in [1.807, 2.05) is 12.1 Å². The van der Waals surface area contributed by atoms with Crippen molar-refractivity contribution in [3.63, 3.8) is 0 Å². The molecule has 0 radical (unpaired) electrons. The molecule has 0 heterocycles. The third kappa shape index (κ3) is 3.95. The standard InChI is InChI=1S/C12H14BrN/c1-3-7-14-10(2)8-11-5-4-6-12(13)9-11/h1,4-6,9-10,14H,7-8H2,2H3. The van der Waals surface area contributed by atoms with Crippen LogP contribution in [0.2, 0.25) is 0 Å². The minimum atomic E-state index is 0.417. The Bertz CT molecular complexity index is 327. The lowest BCUT2D eigenvalue weighted by molar-refractivity contribution is 0.585. The number of nitrogens with one attached hydrogen (secondary N) is 1. The highest BCUT2D eigenvalue weighted by molar-refractivity contribution is 9.10. The van der Waals surface area contributed by atoms with Crippen LogP contribution in [0.5, 0.6) is 0 Å². The molecule has 1 N–H and O–H groups in total. The zero-order chi connectivity index (χ0) is 10.4. The Kier molecular flexibility index (Phi) is 4.72. The first kappa shape index (κ1) is 11.3. The number of terminal acetylenes is 1. The van der Waals surface area contributed by atoms with Gasteiger partial charge in [0.25, 0.3) is 0 Å². The van der Waals surface area contributed by atoms with Gasteiger partial charge in [0.1, 0.15) is 0 Å². The van der Waals surface area contributed by atoms with Crippen molar-refractivity contribution < 1.29 is 0 Å². The lowest BCUT2D eigenvalue weighted by Crippen LogP contribution is -2.28. The molecule has 0 bridgehead atoms. The molecule has 0 aliphatic carbocycles. The summed E-state index contributed by atoms with van der Waals surface area (Å²) >= 11 is 3.45. The highest BCUT2D eigenvalue weighted by atomic mass is 79.9. The molecule has 0 saturated heterocycles. The van der Waals surface area contributed by atoms with Crippen molar-refractivity contribution in [1.29, 1.82) is 0 Å². The molecule has 0 aromatic heterocycles. The molecule has 0 fully saturated rings. The fraction of sp³-hybridized carbons (Fsp3) is 0.333. The van der Waals surface area contributed by atoms with Gasteiger partial charge in [-0.2, -0.15) is 0 Å². The fourth-order valence-electron chi connectivity index (χ4n) is 1.32. The van der Waals surface area contributed by atoms with Gasteiger partial charge in [-0.25, -0.2) is 0 Å². The van der Waals surface area contributed by atoms with Crippen LogP contribution >= 0.6 is 15.9 Å². The first-order chi connectivity index (χ1) is 6.72. The van der Waals surface area contributed by atoms with Gasteiger partial charge in [0.15, 0.2) is 0 Å². The number of benzene rings is 1. The van der Waals surface area contributed by atoms with Crippen LogP contribution in [0.25, 0.3) is 0 Å². The van der Waals surface area contributed by atoms with Gasteiger partial charge >= 0.3 is 0 Å². The van der Waals surface area contributed by atoms with Crippen LogP contribution in [-0.2, 0) is 6.42 Å². The summed E-state index contributed by atoms with van der Waals surface area (Å²) in [6.07, 6.45) is 6.18. The number of hydrogen-bond acceptors (Lipinski definition) is 1. The maximum Gasteiger partial charge on any atom is 0.0575 e. The molecule has 74 valence electrons. The van der Waals surface area contributed by atoms with Gasteiger partial charge in [-0.15, -0.1) is 6.42 Å². The Morgan fingerprint density at radius 3 is 3.00 bits per heavy atom. The Hall–Kier alpha value is -0.780. The molecule has 0 aliphatic heterocycles. The molecule has 0 amide bonds. The first-order valence-electron chi connectivity index (χ1n) is 4.63. The molecule has 1 nitrogen and oxygen atoms in total. The van der Waals surface area contributed by atoms with Crippen LogP contribution in [-0.4, -0.2) is 12.6 Å². The molecule has 1 aromatic rings. The third-order valence-electron chi connectivity index (χ3n) is 1.98. The first-order valence-corrected chi connectivity index (χ1v) is 5.43.